The molecule has 1 unspecified atom stereocenters. The van der Waals surface area contributed by atoms with E-state index in [1.54, 1.807) is 10.9 Å². The maximum Gasteiger partial charge on any atom is 0.345 e. The summed E-state index contributed by atoms with van der Waals surface area (Å²) in [6.45, 7) is 0.219. The number of nitrogens with zero attached hydrogens (tertiary/aromatic N) is 4. The number of hydrogen-bond acceptors (Lipinski definition) is 4. The van der Waals surface area contributed by atoms with E-state index in [0.29, 0.717) is 16.3 Å². The fraction of sp³-hybridized carbons (Fsp3) is 0.214. The Morgan fingerprint density at radius 3 is 2.73 bits per heavy atom. The highest BCUT2D eigenvalue weighted by atomic mass is 16.5. The average Bonchev–Trinajstić information content (AvgIpc) is 3.05. The van der Waals surface area contributed by atoms with Crippen LogP contribution in [-0.2, 0) is 4.79 Å². The first-order valence-electron chi connectivity index (χ1n) is 6.81. The lowest BCUT2D eigenvalue weighted by atomic mass is 9.97. The number of carbonyl (C=O) groups excluding carboxylic acids is 2. The lowest BCUT2D eigenvalue weighted by Gasteiger charge is -2.29. The molecule has 0 aliphatic carbocycles. The van der Waals surface area contributed by atoms with Crippen LogP contribution >= 0.6 is 0 Å². The second kappa shape index (κ2) is 4.31. The molecule has 3 amide bonds. The number of primary amides is 1. The number of hydrogen-bond donors (Lipinski definition) is 2. The lowest BCUT2D eigenvalue weighted by molar-refractivity contribution is -0.122. The van der Waals surface area contributed by atoms with Crippen LogP contribution < -0.4 is 5.73 Å². The van der Waals surface area contributed by atoms with Crippen LogP contribution in [0.25, 0.3) is 5.69 Å². The Morgan fingerprint density at radius 2 is 2.05 bits per heavy atom. The third-order valence-electron chi connectivity index (χ3n) is 4.14. The number of nitrogens with two attached hydrogens (primary N) is 1. The van der Waals surface area contributed by atoms with Gasteiger partial charge in [-0.1, -0.05) is 18.2 Å². The normalized spacial score (nSPS) is 22.9. The zero-order chi connectivity index (χ0) is 15.4. The Labute approximate surface area is 125 Å². The van der Waals surface area contributed by atoms with Crippen LogP contribution in [-0.4, -0.2) is 43.4 Å². The molecule has 1 fully saturated rings. The Morgan fingerprint density at radius 1 is 1.32 bits per heavy atom. The molecule has 1 aromatic heterocycles. The molecule has 2 aromatic rings. The minimum atomic E-state index is -0.946. The van der Waals surface area contributed by atoms with Crippen molar-refractivity contribution < 1.29 is 14.8 Å². The first-order valence-corrected chi connectivity index (χ1v) is 6.81. The second-order valence-corrected chi connectivity index (χ2v) is 5.33. The molecule has 0 radical (unpaired) electrons. The molecule has 4 rings (SSSR count). The number of rotatable bonds is 2. The van der Waals surface area contributed by atoms with E-state index in [1.807, 2.05) is 30.3 Å². The highest BCUT2D eigenvalue weighted by molar-refractivity contribution is 5.89. The molecule has 8 nitrogen and oxygen atoms in total. The lowest BCUT2D eigenvalue weighted by Crippen LogP contribution is -2.42. The van der Waals surface area contributed by atoms with Gasteiger partial charge in [-0.2, -0.15) is 10.2 Å². The SMILES string of the molecule is NC(=O)C1c2c(cnn2-c2ccccc2)[C@H]2CN1C(=O)N2O. The summed E-state index contributed by atoms with van der Waals surface area (Å²) in [5, 5.41) is 14.9. The zero-order valence-corrected chi connectivity index (χ0v) is 11.5. The Hall–Kier alpha value is -2.87. The fourth-order valence-electron chi connectivity index (χ4n) is 3.16. The molecular weight excluding hydrogens is 286 g/mol. The minimum Gasteiger partial charge on any atom is -0.368 e. The topological polar surface area (TPSA) is 105 Å². The summed E-state index contributed by atoms with van der Waals surface area (Å²) in [4.78, 5) is 25.3. The minimum absolute atomic E-state index is 0.219. The van der Waals surface area contributed by atoms with Gasteiger partial charge in [0.05, 0.1) is 24.1 Å². The average molecular weight is 299 g/mol. The van der Waals surface area contributed by atoms with Gasteiger partial charge in [-0.15, -0.1) is 0 Å². The number of benzene rings is 1. The van der Waals surface area contributed by atoms with Gasteiger partial charge in [-0.25, -0.2) is 9.48 Å². The maximum absolute atomic E-state index is 12.1. The number of urea groups is 1. The number of carbonyl (C=O) groups is 2. The van der Waals surface area contributed by atoms with Crippen LogP contribution in [0.15, 0.2) is 36.5 Å². The van der Waals surface area contributed by atoms with Gasteiger partial charge in [0.15, 0.2) is 6.04 Å². The van der Waals surface area contributed by atoms with Crippen LogP contribution in [0.3, 0.4) is 0 Å². The van der Waals surface area contributed by atoms with Crippen LogP contribution in [0.1, 0.15) is 23.3 Å². The van der Waals surface area contributed by atoms with Gasteiger partial charge >= 0.3 is 6.03 Å². The van der Waals surface area contributed by atoms with Crippen LogP contribution in [0.2, 0.25) is 0 Å². The molecule has 2 aliphatic heterocycles. The number of fused-ring (bicyclic) bond motifs is 4. The Bertz CT molecular complexity index is 772. The number of para-hydroxylation sites is 1. The predicted molar refractivity (Wildman–Crippen MR) is 74.0 cm³/mol. The van der Waals surface area contributed by atoms with Gasteiger partial charge in [0.25, 0.3) is 0 Å². The Kier molecular flexibility index (Phi) is 2.52. The van der Waals surface area contributed by atoms with E-state index >= 15 is 0 Å². The first kappa shape index (κ1) is 12.8. The summed E-state index contributed by atoms with van der Waals surface area (Å²) >= 11 is 0. The molecule has 8 heteroatoms. The summed E-state index contributed by atoms with van der Waals surface area (Å²) in [7, 11) is 0. The zero-order valence-electron chi connectivity index (χ0n) is 11.5. The molecule has 2 aliphatic rings. The summed E-state index contributed by atoms with van der Waals surface area (Å²) < 4.78 is 1.59. The van der Waals surface area contributed by atoms with Gasteiger partial charge < -0.3 is 10.6 Å². The predicted octanol–water partition coefficient (Wildman–Crippen LogP) is 0.580. The van der Waals surface area contributed by atoms with Gasteiger partial charge in [0.2, 0.25) is 5.91 Å². The summed E-state index contributed by atoms with van der Waals surface area (Å²) in [6, 6.07) is 7.16. The van der Waals surface area contributed by atoms with Crippen molar-refractivity contribution in [2.24, 2.45) is 5.73 Å². The molecule has 2 atom stereocenters. The van der Waals surface area contributed by atoms with Crippen LogP contribution in [0, 0.1) is 0 Å². The van der Waals surface area contributed by atoms with Crippen LogP contribution in [0.5, 0.6) is 0 Å². The molecule has 0 spiro atoms. The summed E-state index contributed by atoms with van der Waals surface area (Å²) in [5.74, 6) is -0.652. The maximum atomic E-state index is 12.1. The third-order valence-corrected chi connectivity index (χ3v) is 4.14. The monoisotopic (exact) mass is 299 g/mol. The van der Waals surface area contributed by atoms with Gasteiger partial charge in [0.1, 0.15) is 6.04 Å². The van der Waals surface area contributed by atoms with Gasteiger partial charge in [-0.05, 0) is 12.1 Å². The van der Waals surface area contributed by atoms with Crippen molar-refractivity contribution >= 4 is 11.9 Å². The van der Waals surface area contributed by atoms with Crippen molar-refractivity contribution in [1.82, 2.24) is 19.7 Å². The van der Waals surface area contributed by atoms with E-state index in [-0.39, 0.29) is 6.54 Å². The molecule has 22 heavy (non-hydrogen) atoms. The molecule has 3 N–H and O–H groups in total. The van der Waals surface area contributed by atoms with Crippen molar-refractivity contribution in [3.63, 3.8) is 0 Å². The highest BCUT2D eigenvalue weighted by Crippen LogP contribution is 2.43. The van der Waals surface area contributed by atoms with Crippen molar-refractivity contribution in [2.75, 3.05) is 6.54 Å². The van der Waals surface area contributed by atoms with E-state index in [4.69, 9.17) is 5.73 Å². The fourth-order valence-corrected chi connectivity index (χ4v) is 3.16. The van der Waals surface area contributed by atoms with Crippen molar-refractivity contribution in [3.05, 3.63) is 47.8 Å². The number of amides is 3. The summed E-state index contributed by atoms with van der Waals surface area (Å²) in [6.07, 6.45) is 1.57. The summed E-state index contributed by atoms with van der Waals surface area (Å²) in [5.41, 5.74) is 7.43. The smallest absolute Gasteiger partial charge is 0.345 e. The second-order valence-electron chi connectivity index (χ2n) is 5.33. The molecule has 1 aromatic carbocycles. The van der Waals surface area contributed by atoms with E-state index < -0.39 is 24.0 Å². The molecule has 2 bridgehead atoms. The van der Waals surface area contributed by atoms with Gasteiger partial charge in [0, 0.05) is 5.56 Å². The highest BCUT2D eigenvalue weighted by Gasteiger charge is 2.51. The molecular formula is C14H13N5O3. The Balaban J connectivity index is 1.94. The van der Waals surface area contributed by atoms with E-state index in [2.05, 4.69) is 5.10 Å². The first-order chi connectivity index (χ1) is 10.6. The van der Waals surface area contributed by atoms with Crippen molar-refractivity contribution in [1.29, 1.82) is 0 Å². The quantitative estimate of drug-likeness (QED) is 0.791. The van der Waals surface area contributed by atoms with Crippen molar-refractivity contribution in [3.8, 4) is 5.69 Å². The van der Waals surface area contributed by atoms with E-state index in [0.717, 1.165) is 5.69 Å². The molecule has 112 valence electrons. The van der Waals surface area contributed by atoms with Crippen molar-refractivity contribution in [2.45, 2.75) is 12.1 Å². The molecule has 3 heterocycles. The number of aromatic nitrogens is 2. The van der Waals surface area contributed by atoms with E-state index in [1.165, 1.54) is 4.90 Å². The molecule has 1 saturated heterocycles. The third kappa shape index (κ3) is 1.52. The standard InChI is InChI=1S/C14H13N5O3/c15-13(20)12-11-9(10-7-17(12)14(21)19(10)22)6-16-18(11)8-4-2-1-3-5-8/h1-6,10,12,22H,7H2,(H2,15,20)/t10-,12?/m1/s1. The van der Waals surface area contributed by atoms with Gasteiger partial charge in [-0.3, -0.25) is 10.0 Å². The van der Waals surface area contributed by atoms with E-state index in [9.17, 15) is 14.8 Å². The largest absolute Gasteiger partial charge is 0.368 e. The molecule has 0 saturated carbocycles. The van der Waals surface area contributed by atoms with Crippen LogP contribution in [0.4, 0.5) is 4.79 Å². The number of hydroxylamine groups is 2.